The highest BCUT2D eigenvalue weighted by molar-refractivity contribution is 9.10. The SMILES string of the molecule is Cc1cccc(C)c1OCC(=O)N[C@@H](C)c1ccc(Br)cc1. The molecule has 0 unspecified atom stereocenters. The molecule has 0 fully saturated rings. The Hall–Kier alpha value is -1.81. The molecule has 1 amide bonds. The summed E-state index contributed by atoms with van der Waals surface area (Å²) in [5, 5.41) is 2.95. The van der Waals surface area contributed by atoms with Crippen LogP contribution in [0.4, 0.5) is 0 Å². The monoisotopic (exact) mass is 361 g/mol. The normalized spacial score (nSPS) is 11.8. The summed E-state index contributed by atoms with van der Waals surface area (Å²) in [6, 6.07) is 13.8. The van der Waals surface area contributed by atoms with Gasteiger partial charge in [0.15, 0.2) is 6.61 Å². The highest BCUT2D eigenvalue weighted by atomic mass is 79.9. The highest BCUT2D eigenvalue weighted by Gasteiger charge is 2.11. The standard InChI is InChI=1S/C18H20BrNO2/c1-12-5-4-6-13(2)18(12)22-11-17(21)20-14(3)15-7-9-16(19)10-8-15/h4-10,14H,11H2,1-3H3,(H,20,21)/t14-/m0/s1. The first kappa shape index (κ1) is 16.6. The van der Waals surface area contributed by atoms with E-state index in [2.05, 4.69) is 21.2 Å². The predicted octanol–water partition coefficient (Wildman–Crippen LogP) is 4.32. The first-order valence-corrected chi connectivity index (χ1v) is 8.00. The molecule has 0 saturated heterocycles. The topological polar surface area (TPSA) is 38.3 Å². The van der Waals surface area contributed by atoms with Gasteiger partial charge in [0.05, 0.1) is 6.04 Å². The second-order valence-electron chi connectivity index (χ2n) is 5.35. The van der Waals surface area contributed by atoms with Crippen molar-refractivity contribution < 1.29 is 9.53 Å². The Morgan fingerprint density at radius 3 is 2.32 bits per heavy atom. The third-order valence-corrected chi connectivity index (χ3v) is 4.03. The lowest BCUT2D eigenvalue weighted by atomic mass is 10.1. The molecule has 0 saturated carbocycles. The minimum Gasteiger partial charge on any atom is -0.483 e. The first-order chi connectivity index (χ1) is 10.5. The third kappa shape index (κ3) is 4.34. The molecule has 0 radical (unpaired) electrons. The van der Waals surface area contributed by atoms with Gasteiger partial charge in [0.1, 0.15) is 5.75 Å². The molecular weight excluding hydrogens is 342 g/mol. The summed E-state index contributed by atoms with van der Waals surface area (Å²) in [4.78, 5) is 12.0. The molecule has 0 bridgehead atoms. The van der Waals surface area contributed by atoms with Crippen LogP contribution in [-0.2, 0) is 4.79 Å². The zero-order valence-corrected chi connectivity index (χ0v) is 14.6. The van der Waals surface area contributed by atoms with Crippen molar-refractivity contribution in [2.24, 2.45) is 0 Å². The second kappa shape index (κ2) is 7.45. The fourth-order valence-corrected chi connectivity index (χ4v) is 2.55. The fraction of sp³-hybridized carbons (Fsp3) is 0.278. The Labute approximate surface area is 139 Å². The summed E-state index contributed by atoms with van der Waals surface area (Å²) in [5.74, 6) is 0.659. The van der Waals surface area contributed by atoms with Gasteiger partial charge in [-0.3, -0.25) is 4.79 Å². The molecule has 0 aliphatic rings. The molecule has 0 aliphatic carbocycles. The number of benzene rings is 2. The Kier molecular flexibility index (Phi) is 5.61. The zero-order chi connectivity index (χ0) is 16.1. The number of ether oxygens (including phenoxy) is 1. The lowest BCUT2D eigenvalue weighted by Gasteiger charge is -2.16. The fourth-order valence-electron chi connectivity index (χ4n) is 2.28. The average molecular weight is 362 g/mol. The van der Waals surface area contributed by atoms with Gasteiger partial charge in [-0.15, -0.1) is 0 Å². The minimum atomic E-state index is -0.127. The molecule has 4 heteroatoms. The molecule has 1 atom stereocenters. The van der Waals surface area contributed by atoms with Gasteiger partial charge < -0.3 is 10.1 Å². The molecule has 0 aromatic heterocycles. The van der Waals surface area contributed by atoms with Crippen LogP contribution in [0.2, 0.25) is 0 Å². The zero-order valence-electron chi connectivity index (χ0n) is 13.0. The van der Waals surface area contributed by atoms with Crippen LogP contribution in [0.5, 0.6) is 5.75 Å². The van der Waals surface area contributed by atoms with Crippen molar-refractivity contribution in [3.05, 3.63) is 63.6 Å². The van der Waals surface area contributed by atoms with Crippen LogP contribution in [0.3, 0.4) is 0 Å². The largest absolute Gasteiger partial charge is 0.483 e. The number of halogens is 1. The Morgan fingerprint density at radius 1 is 1.14 bits per heavy atom. The lowest BCUT2D eigenvalue weighted by Crippen LogP contribution is -2.31. The van der Waals surface area contributed by atoms with Crippen molar-refractivity contribution in [3.63, 3.8) is 0 Å². The van der Waals surface area contributed by atoms with E-state index in [0.29, 0.717) is 0 Å². The van der Waals surface area contributed by atoms with E-state index >= 15 is 0 Å². The van der Waals surface area contributed by atoms with E-state index in [1.807, 2.05) is 63.2 Å². The molecule has 0 spiro atoms. The predicted molar refractivity (Wildman–Crippen MR) is 92.1 cm³/mol. The Balaban J connectivity index is 1.91. The molecule has 3 nitrogen and oxygen atoms in total. The van der Waals surface area contributed by atoms with E-state index in [-0.39, 0.29) is 18.6 Å². The van der Waals surface area contributed by atoms with Gasteiger partial charge in [-0.2, -0.15) is 0 Å². The van der Waals surface area contributed by atoms with Crippen LogP contribution in [0.25, 0.3) is 0 Å². The van der Waals surface area contributed by atoms with E-state index in [1.165, 1.54) is 0 Å². The van der Waals surface area contributed by atoms with E-state index in [1.54, 1.807) is 0 Å². The molecular formula is C18H20BrNO2. The summed E-state index contributed by atoms with van der Waals surface area (Å²) in [7, 11) is 0. The van der Waals surface area contributed by atoms with E-state index in [0.717, 1.165) is 26.9 Å². The van der Waals surface area contributed by atoms with E-state index in [9.17, 15) is 4.79 Å². The number of hydrogen-bond donors (Lipinski definition) is 1. The molecule has 22 heavy (non-hydrogen) atoms. The van der Waals surface area contributed by atoms with Crippen molar-refractivity contribution in [2.45, 2.75) is 26.8 Å². The number of rotatable bonds is 5. The molecule has 1 N–H and O–H groups in total. The van der Waals surface area contributed by atoms with Gasteiger partial charge in [-0.1, -0.05) is 46.3 Å². The number of carbonyl (C=O) groups is 1. The van der Waals surface area contributed by atoms with Gasteiger partial charge >= 0.3 is 0 Å². The number of carbonyl (C=O) groups excluding carboxylic acids is 1. The molecule has 2 aromatic carbocycles. The summed E-state index contributed by atoms with van der Waals surface area (Å²) < 4.78 is 6.69. The molecule has 0 aliphatic heterocycles. The number of para-hydroxylation sites is 1. The van der Waals surface area contributed by atoms with Crippen molar-refractivity contribution in [2.75, 3.05) is 6.61 Å². The first-order valence-electron chi connectivity index (χ1n) is 7.21. The highest BCUT2D eigenvalue weighted by Crippen LogP contribution is 2.22. The van der Waals surface area contributed by atoms with Gasteiger partial charge in [0, 0.05) is 4.47 Å². The van der Waals surface area contributed by atoms with Crippen LogP contribution < -0.4 is 10.1 Å². The maximum atomic E-state index is 12.0. The lowest BCUT2D eigenvalue weighted by molar-refractivity contribution is -0.123. The molecule has 2 rings (SSSR count). The van der Waals surface area contributed by atoms with Crippen molar-refractivity contribution in [1.29, 1.82) is 0 Å². The van der Waals surface area contributed by atoms with Crippen molar-refractivity contribution >= 4 is 21.8 Å². The van der Waals surface area contributed by atoms with Crippen molar-refractivity contribution in [3.8, 4) is 5.75 Å². The summed E-state index contributed by atoms with van der Waals surface area (Å²) in [6.45, 7) is 5.93. The maximum Gasteiger partial charge on any atom is 0.258 e. The summed E-state index contributed by atoms with van der Waals surface area (Å²) in [6.07, 6.45) is 0. The third-order valence-electron chi connectivity index (χ3n) is 3.50. The smallest absolute Gasteiger partial charge is 0.258 e. The van der Waals surface area contributed by atoms with Crippen LogP contribution in [0, 0.1) is 13.8 Å². The van der Waals surface area contributed by atoms with Crippen molar-refractivity contribution in [1.82, 2.24) is 5.32 Å². The Bertz CT molecular complexity index is 632. The van der Waals surface area contributed by atoms with Crippen LogP contribution in [0.15, 0.2) is 46.9 Å². The van der Waals surface area contributed by atoms with E-state index < -0.39 is 0 Å². The van der Waals surface area contributed by atoms with Crippen LogP contribution in [0.1, 0.15) is 29.7 Å². The van der Waals surface area contributed by atoms with E-state index in [4.69, 9.17) is 4.74 Å². The summed E-state index contributed by atoms with van der Waals surface area (Å²) in [5.41, 5.74) is 3.13. The quantitative estimate of drug-likeness (QED) is 0.860. The average Bonchev–Trinajstić information content (AvgIpc) is 2.47. The number of nitrogens with one attached hydrogen (secondary N) is 1. The Morgan fingerprint density at radius 2 is 1.73 bits per heavy atom. The van der Waals surface area contributed by atoms with Gasteiger partial charge in [-0.25, -0.2) is 0 Å². The second-order valence-corrected chi connectivity index (χ2v) is 6.27. The summed E-state index contributed by atoms with van der Waals surface area (Å²) >= 11 is 3.40. The van der Waals surface area contributed by atoms with Gasteiger partial charge in [0.25, 0.3) is 5.91 Å². The maximum absolute atomic E-state index is 12.0. The number of aryl methyl sites for hydroxylation is 2. The molecule has 116 valence electrons. The van der Waals surface area contributed by atoms with Gasteiger partial charge in [-0.05, 0) is 49.6 Å². The van der Waals surface area contributed by atoms with Gasteiger partial charge in [0.2, 0.25) is 0 Å². The van der Waals surface area contributed by atoms with Crippen LogP contribution in [-0.4, -0.2) is 12.5 Å². The van der Waals surface area contributed by atoms with Crippen LogP contribution >= 0.6 is 15.9 Å². The molecule has 0 heterocycles. The number of amides is 1. The number of hydrogen-bond acceptors (Lipinski definition) is 2. The molecule has 2 aromatic rings. The minimum absolute atomic E-state index is 0.0204.